The molecule has 0 aliphatic heterocycles. The third kappa shape index (κ3) is 6.75. The maximum Gasteiger partial charge on any atom is 0.326 e. The average molecular weight is 288 g/mol. The lowest BCUT2D eigenvalue weighted by Gasteiger charge is -2.28. The van der Waals surface area contributed by atoms with Crippen molar-refractivity contribution in [3.63, 3.8) is 0 Å². The molecule has 6 nitrogen and oxygen atoms in total. The Morgan fingerprint density at radius 3 is 2.30 bits per heavy atom. The van der Waals surface area contributed by atoms with E-state index in [0.717, 1.165) is 0 Å². The SMILES string of the molecule is CC[C@H](C)[C@H](NC(=O)N(CCOC)CC(C)C)C(=O)O. The molecule has 0 aromatic heterocycles. The van der Waals surface area contributed by atoms with Crippen molar-refractivity contribution >= 4 is 12.0 Å². The Morgan fingerprint density at radius 2 is 1.90 bits per heavy atom. The van der Waals surface area contributed by atoms with Gasteiger partial charge in [0.15, 0.2) is 0 Å². The van der Waals surface area contributed by atoms with Gasteiger partial charge in [-0.15, -0.1) is 0 Å². The molecule has 0 aromatic carbocycles. The number of carbonyl (C=O) groups excluding carboxylic acids is 1. The van der Waals surface area contributed by atoms with Gasteiger partial charge in [-0.05, 0) is 11.8 Å². The molecule has 0 spiro atoms. The van der Waals surface area contributed by atoms with Crippen molar-refractivity contribution in [2.75, 3.05) is 26.8 Å². The van der Waals surface area contributed by atoms with Crippen molar-refractivity contribution < 1.29 is 19.4 Å². The first-order valence-electron chi connectivity index (χ1n) is 7.10. The number of hydrogen-bond acceptors (Lipinski definition) is 3. The molecule has 0 saturated heterocycles. The molecule has 0 aliphatic rings. The van der Waals surface area contributed by atoms with Crippen molar-refractivity contribution in [3.8, 4) is 0 Å². The summed E-state index contributed by atoms with van der Waals surface area (Å²) in [5.74, 6) is -0.798. The van der Waals surface area contributed by atoms with E-state index >= 15 is 0 Å². The highest BCUT2D eigenvalue weighted by Crippen LogP contribution is 2.09. The first-order valence-corrected chi connectivity index (χ1v) is 7.10. The fourth-order valence-corrected chi connectivity index (χ4v) is 1.83. The van der Waals surface area contributed by atoms with Crippen molar-refractivity contribution in [2.45, 2.75) is 40.2 Å². The quantitative estimate of drug-likeness (QED) is 0.678. The summed E-state index contributed by atoms with van der Waals surface area (Å²) in [6.07, 6.45) is 0.694. The summed E-state index contributed by atoms with van der Waals surface area (Å²) < 4.78 is 4.99. The van der Waals surface area contributed by atoms with Crippen LogP contribution in [0.5, 0.6) is 0 Å². The summed E-state index contributed by atoms with van der Waals surface area (Å²) in [6, 6.07) is -1.20. The molecule has 2 N–H and O–H groups in total. The molecule has 0 unspecified atom stereocenters. The maximum atomic E-state index is 12.2. The van der Waals surface area contributed by atoms with Gasteiger partial charge in [-0.25, -0.2) is 9.59 Å². The summed E-state index contributed by atoms with van der Waals surface area (Å²) in [7, 11) is 1.57. The number of ether oxygens (including phenoxy) is 1. The van der Waals surface area contributed by atoms with Crippen molar-refractivity contribution in [1.29, 1.82) is 0 Å². The van der Waals surface area contributed by atoms with E-state index in [2.05, 4.69) is 5.32 Å². The van der Waals surface area contributed by atoms with Crippen LogP contribution in [0.1, 0.15) is 34.1 Å². The zero-order chi connectivity index (χ0) is 15.7. The number of aliphatic carboxylic acids is 1. The van der Waals surface area contributed by atoms with Crippen LogP contribution < -0.4 is 5.32 Å². The van der Waals surface area contributed by atoms with Crippen LogP contribution in [0.3, 0.4) is 0 Å². The van der Waals surface area contributed by atoms with E-state index in [1.807, 2.05) is 27.7 Å². The minimum absolute atomic E-state index is 0.111. The summed E-state index contributed by atoms with van der Waals surface area (Å²) in [5.41, 5.74) is 0. The number of methoxy groups -OCH3 is 1. The van der Waals surface area contributed by atoms with Crippen LogP contribution in [0.25, 0.3) is 0 Å². The third-order valence-corrected chi connectivity index (χ3v) is 3.20. The molecule has 118 valence electrons. The van der Waals surface area contributed by atoms with Crippen LogP contribution in [0, 0.1) is 11.8 Å². The van der Waals surface area contributed by atoms with Gasteiger partial charge in [-0.1, -0.05) is 34.1 Å². The molecule has 0 fully saturated rings. The number of urea groups is 1. The van der Waals surface area contributed by atoms with Gasteiger partial charge in [0, 0.05) is 20.2 Å². The molecule has 0 aliphatic carbocycles. The smallest absolute Gasteiger partial charge is 0.326 e. The van der Waals surface area contributed by atoms with E-state index in [-0.39, 0.29) is 11.9 Å². The van der Waals surface area contributed by atoms with Gasteiger partial charge in [0.05, 0.1) is 6.61 Å². The summed E-state index contributed by atoms with van der Waals surface area (Å²) in [6.45, 7) is 9.20. The molecule has 20 heavy (non-hydrogen) atoms. The Balaban J connectivity index is 4.73. The van der Waals surface area contributed by atoms with Gasteiger partial charge < -0.3 is 20.1 Å². The van der Waals surface area contributed by atoms with Crippen LogP contribution in [-0.4, -0.2) is 54.9 Å². The predicted molar refractivity (Wildman–Crippen MR) is 77.7 cm³/mol. The molecular weight excluding hydrogens is 260 g/mol. The lowest BCUT2D eigenvalue weighted by Crippen LogP contribution is -2.51. The molecular formula is C14H28N2O4. The minimum atomic E-state index is -0.996. The van der Waals surface area contributed by atoms with Gasteiger partial charge in [0.1, 0.15) is 6.04 Å². The lowest BCUT2D eigenvalue weighted by atomic mass is 9.99. The number of nitrogens with zero attached hydrogens (tertiary/aromatic N) is 1. The Kier molecular flexibility index (Phi) is 8.96. The summed E-state index contributed by atoms with van der Waals surface area (Å²) in [5, 5.41) is 11.8. The molecule has 0 saturated carbocycles. The van der Waals surface area contributed by atoms with E-state index in [1.54, 1.807) is 12.0 Å². The van der Waals surface area contributed by atoms with E-state index < -0.39 is 12.0 Å². The summed E-state index contributed by atoms with van der Waals surface area (Å²) in [4.78, 5) is 25.1. The third-order valence-electron chi connectivity index (χ3n) is 3.20. The number of carbonyl (C=O) groups is 2. The number of amides is 2. The fraction of sp³-hybridized carbons (Fsp3) is 0.857. The van der Waals surface area contributed by atoms with Gasteiger partial charge in [-0.2, -0.15) is 0 Å². The van der Waals surface area contributed by atoms with Crippen molar-refractivity contribution in [1.82, 2.24) is 10.2 Å². The van der Waals surface area contributed by atoms with Crippen LogP contribution >= 0.6 is 0 Å². The van der Waals surface area contributed by atoms with Gasteiger partial charge in [0.2, 0.25) is 0 Å². The number of carboxylic acids is 1. The van der Waals surface area contributed by atoms with E-state index in [1.165, 1.54) is 0 Å². The highest BCUT2D eigenvalue weighted by molar-refractivity contribution is 5.82. The lowest BCUT2D eigenvalue weighted by molar-refractivity contribution is -0.140. The van der Waals surface area contributed by atoms with Gasteiger partial charge in [0.25, 0.3) is 0 Å². The van der Waals surface area contributed by atoms with E-state index in [4.69, 9.17) is 4.74 Å². The zero-order valence-electron chi connectivity index (χ0n) is 13.2. The fourth-order valence-electron chi connectivity index (χ4n) is 1.83. The zero-order valence-corrected chi connectivity index (χ0v) is 13.2. The van der Waals surface area contributed by atoms with Crippen molar-refractivity contribution in [3.05, 3.63) is 0 Å². The Labute approximate surface area is 121 Å². The number of carboxylic acid groups (broad SMARTS) is 1. The highest BCUT2D eigenvalue weighted by atomic mass is 16.5. The highest BCUT2D eigenvalue weighted by Gasteiger charge is 2.27. The first-order chi connectivity index (χ1) is 9.33. The first kappa shape index (κ1) is 18.7. The van der Waals surface area contributed by atoms with E-state index in [9.17, 15) is 14.7 Å². The molecule has 6 heteroatoms. The molecule has 0 rings (SSSR count). The Morgan fingerprint density at radius 1 is 1.30 bits per heavy atom. The van der Waals surface area contributed by atoms with Crippen LogP contribution in [0.4, 0.5) is 4.79 Å². The second-order valence-corrected chi connectivity index (χ2v) is 5.48. The van der Waals surface area contributed by atoms with Gasteiger partial charge >= 0.3 is 12.0 Å². The Hall–Kier alpha value is -1.30. The maximum absolute atomic E-state index is 12.2. The normalized spacial score (nSPS) is 13.9. The molecule has 0 aromatic rings. The second kappa shape index (κ2) is 9.58. The van der Waals surface area contributed by atoms with Gasteiger partial charge in [-0.3, -0.25) is 0 Å². The molecule has 2 atom stereocenters. The molecule has 0 bridgehead atoms. The molecule has 0 heterocycles. The Bertz CT molecular complexity index is 308. The minimum Gasteiger partial charge on any atom is -0.480 e. The second-order valence-electron chi connectivity index (χ2n) is 5.48. The molecule has 0 radical (unpaired) electrons. The monoisotopic (exact) mass is 288 g/mol. The van der Waals surface area contributed by atoms with Crippen LogP contribution in [0.15, 0.2) is 0 Å². The summed E-state index contributed by atoms with van der Waals surface area (Å²) >= 11 is 0. The topological polar surface area (TPSA) is 78.9 Å². The number of rotatable bonds is 9. The molecule has 2 amide bonds. The number of nitrogens with one attached hydrogen (secondary N) is 1. The standard InChI is InChI=1S/C14H28N2O4/c1-6-11(4)12(13(17)18)15-14(19)16(7-8-20-5)9-10(2)3/h10-12H,6-9H2,1-5H3,(H,15,19)(H,17,18)/t11-,12-/m0/s1. The number of hydrogen-bond donors (Lipinski definition) is 2. The van der Waals surface area contributed by atoms with Crippen molar-refractivity contribution in [2.24, 2.45) is 11.8 Å². The van der Waals surface area contributed by atoms with Crippen LogP contribution in [0.2, 0.25) is 0 Å². The average Bonchev–Trinajstić information content (AvgIpc) is 2.38. The largest absolute Gasteiger partial charge is 0.480 e. The predicted octanol–water partition coefficient (Wildman–Crippen LogP) is 1.80. The van der Waals surface area contributed by atoms with E-state index in [0.29, 0.717) is 32.0 Å². The van der Waals surface area contributed by atoms with Crippen LogP contribution in [-0.2, 0) is 9.53 Å².